The molecule has 3 aromatic rings. The van der Waals surface area contributed by atoms with E-state index in [1.807, 2.05) is 18.2 Å². The molecule has 0 aliphatic heterocycles. The molecule has 3 heterocycles. The van der Waals surface area contributed by atoms with Crippen LogP contribution >= 0.6 is 22.7 Å². The lowest BCUT2D eigenvalue weighted by molar-refractivity contribution is 0.0710. The molecule has 134 valence electrons. The molecule has 0 bridgehead atoms. The molecular formula is C16H15N5O3S2. The van der Waals surface area contributed by atoms with E-state index >= 15 is 0 Å². The highest BCUT2D eigenvalue weighted by atomic mass is 32.1. The van der Waals surface area contributed by atoms with Crippen LogP contribution in [-0.4, -0.2) is 32.0 Å². The maximum atomic E-state index is 12.6. The van der Waals surface area contributed by atoms with Gasteiger partial charge in [-0.05, 0) is 26.0 Å². The molecule has 26 heavy (non-hydrogen) atoms. The summed E-state index contributed by atoms with van der Waals surface area (Å²) < 4.78 is 0. The van der Waals surface area contributed by atoms with Gasteiger partial charge in [-0.25, -0.2) is 15.4 Å². The number of pyridine rings is 1. The van der Waals surface area contributed by atoms with Gasteiger partial charge in [0, 0.05) is 6.20 Å². The third-order valence-electron chi connectivity index (χ3n) is 3.45. The number of hydrogen-bond acceptors (Lipinski definition) is 8. The van der Waals surface area contributed by atoms with Gasteiger partial charge in [0.25, 0.3) is 11.8 Å². The molecule has 1 unspecified atom stereocenters. The van der Waals surface area contributed by atoms with Crippen molar-refractivity contribution in [2.24, 2.45) is 0 Å². The van der Waals surface area contributed by atoms with Crippen molar-refractivity contribution in [3.05, 3.63) is 51.0 Å². The Morgan fingerprint density at radius 3 is 2.69 bits per heavy atom. The molecule has 0 fully saturated rings. The van der Waals surface area contributed by atoms with Crippen LogP contribution in [-0.2, 0) is 0 Å². The molecule has 10 heteroatoms. The zero-order valence-corrected chi connectivity index (χ0v) is 15.5. The third kappa shape index (κ3) is 3.77. The number of nitrogens with one attached hydrogen (secondary N) is 2. The quantitative estimate of drug-likeness (QED) is 0.456. The topological polar surface area (TPSA) is 117 Å². The number of rotatable bonds is 5. The van der Waals surface area contributed by atoms with Crippen molar-refractivity contribution in [3.63, 3.8) is 0 Å². The Kier molecular flexibility index (Phi) is 5.35. The standard InChI is InChI=1S/C16H15N5O3S2/c1-8-12(26-16(20-8)10-5-3-4-6-17-10)14(23)19-9(2)15-18-7-11(25-15)13(22)21-24/h3-7,9,24H,1-2H3,(H,19,23)(H,21,22). The summed E-state index contributed by atoms with van der Waals surface area (Å²) in [5.74, 6) is -0.899. The summed E-state index contributed by atoms with van der Waals surface area (Å²) in [5, 5.41) is 12.7. The van der Waals surface area contributed by atoms with Crippen molar-refractivity contribution in [2.45, 2.75) is 19.9 Å². The Balaban J connectivity index is 1.75. The fourth-order valence-electron chi connectivity index (χ4n) is 2.18. The lowest BCUT2D eigenvalue weighted by Gasteiger charge is -2.10. The van der Waals surface area contributed by atoms with Gasteiger partial charge in [0.1, 0.15) is 19.8 Å². The normalized spacial score (nSPS) is 11.8. The molecule has 3 rings (SSSR count). The van der Waals surface area contributed by atoms with Crippen LogP contribution in [0.1, 0.15) is 43.0 Å². The smallest absolute Gasteiger partial charge is 0.286 e. The number of nitrogens with zero attached hydrogens (tertiary/aromatic N) is 3. The van der Waals surface area contributed by atoms with E-state index in [0.29, 0.717) is 26.3 Å². The number of carbonyl (C=O) groups is 2. The number of amides is 2. The molecule has 0 aliphatic carbocycles. The van der Waals surface area contributed by atoms with Gasteiger partial charge >= 0.3 is 0 Å². The summed E-state index contributed by atoms with van der Waals surface area (Å²) in [6.45, 7) is 3.54. The van der Waals surface area contributed by atoms with Crippen LogP contribution in [0, 0.1) is 6.92 Å². The van der Waals surface area contributed by atoms with Gasteiger partial charge < -0.3 is 5.32 Å². The van der Waals surface area contributed by atoms with Crippen LogP contribution in [0.4, 0.5) is 0 Å². The van der Waals surface area contributed by atoms with Crippen molar-refractivity contribution in [2.75, 3.05) is 0 Å². The van der Waals surface area contributed by atoms with Crippen molar-refractivity contribution in [1.29, 1.82) is 0 Å². The summed E-state index contributed by atoms with van der Waals surface area (Å²) in [6.07, 6.45) is 3.03. The molecule has 0 saturated heterocycles. The first-order valence-electron chi connectivity index (χ1n) is 7.59. The number of hydroxylamine groups is 1. The van der Waals surface area contributed by atoms with Crippen LogP contribution < -0.4 is 10.8 Å². The monoisotopic (exact) mass is 389 g/mol. The van der Waals surface area contributed by atoms with Gasteiger partial charge in [-0.15, -0.1) is 22.7 Å². The highest BCUT2D eigenvalue weighted by Crippen LogP contribution is 2.27. The second-order valence-electron chi connectivity index (χ2n) is 5.35. The van der Waals surface area contributed by atoms with Crippen molar-refractivity contribution < 1.29 is 14.8 Å². The van der Waals surface area contributed by atoms with Crippen LogP contribution in [0.25, 0.3) is 10.7 Å². The fraction of sp³-hybridized carbons (Fsp3) is 0.188. The summed E-state index contributed by atoms with van der Waals surface area (Å²) in [5.41, 5.74) is 2.90. The van der Waals surface area contributed by atoms with E-state index in [1.54, 1.807) is 25.5 Å². The second-order valence-corrected chi connectivity index (χ2v) is 7.41. The highest BCUT2D eigenvalue weighted by Gasteiger charge is 2.21. The van der Waals surface area contributed by atoms with E-state index in [9.17, 15) is 9.59 Å². The van der Waals surface area contributed by atoms with Crippen molar-refractivity contribution >= 4 is 34.5 Å². The Hall–Kier alpha value is -2.69. The predicted molar refractivity (Wildman–Crippen MR) is 97.3 cm³/mol. The molecule has 0 spiro atoms. The van der Waals surface area contributed by atoms with E-state index in [0.717, 1.165) is 11.3 Å². The number of thiazole rings is 2. The van der Waals surface area contributed by atoms with Crippen LogP contribution in [0.2, 0.25) is 0 Å². The van der Waals surface area contributed by atoms with Crippen LogP contribution in [0.3, 0.4) is 0 Å². The molecule has 2 amide bonds. The number of hydrogen-bond donors (Lipinski definition) is 3. The Morgan fingerprint density at radius 2 is 2.00 bits per heavy atom. The molecule has 0 aromatic carbocycles. The Labute approximate surface area is 156 Å². The molecule has 0 radical (unpaired) electrons. The van der Waals surface area contributed by atoms with Gasteiger partial charge in [0.15, 0.2) is 0 Å². The first-order valence-corrected chi connectivity index (χ1v) is 9.22. The summed E-state index contributed by atoms with van der Waals surface area (Å²) in [7, 11) is 0. The van der Waals surface area contributed by atoms with Gasteiger partial charge in [-0.3, -0.25) is 19.8 Å². The number of aromatic nitrogens is 3. The number of aryl methyl sites for hydroxylation is 1. The van der Waals surface area contributed by atoms with Gasteiger partial charge in [-0.1, -0.05) is 6.07 Å². The molecular weight excluding hydrogens is 374 g/mol. The molecule has 0 saturated carbocycles. The van der Waals surface area contributed by atoms with Gasteiger partial charge in [0.2, 0.25) is 0 Å². The minimum absolute atomic E-state index is 0.259. The lowest BCUT2D eigenvalue weighted by Crippen LogP contribution is -2.26. The lowest BCUT2D eigenvalue weighted by atomic mass is 10.3. The van der Waals surface area contributed by atoms with Crippen molar-refractivity contribution in [3.8, 4) is 10.7 Å². The molecule has 3 N–H and O–H groups in total. The molecule has 1 atom stereocenters. The first kappa shape index (κ1) is 18.1. The summed E-state index contributed by atoms with van der Waals surface area (Å²) >= 11 is 2.37. The Bertz CT molecular complexity index is 939. The SMILES string of the molecule is Cc1nc(-c2ccccn2)sc1C(=O)NC(C)c1ncc(C(=O)NO)s1. The van der Waals surface area contributed by atoms with Crippen molar-refractivity contribution in [1.82, 2.24) is 25.7 Å². The summed E-state index contributed by atoms with van der Waals surface area (Å²) in [6, 6.07) is 5.13. The maximum absolute atomic E-state index is 12.6. The fourth-order valence-corrected chi connectivity index (χ4v) is 3.93. The van der Waals surface area contributed by atoms with Crippen LogP contribution in [0.15, 0.2) is 30.6 Å². The minimum Gasteiger partial charge on any atom is -0.342 e. The van der Waals surface area contributed by atoms with Crippen LogP contribution in [0.5, 0.6) is 0 Å². The second kappa shape index (κ2) is 7.68. The first-order chi connectivity index (χ1) is 12.5. The predicted octanol–water partition coefficient (Wildman–Crippen LogP) is 2.58. The molecule has 3 aromatic heterocycles. The molecule has 8 nitrogen and oxygen atoms in total. The van der Waals surface area contributed by atoms with Gasteiger partial charge in [-0.2, -0.15) is 0 Å². The zero-order chi connectivity index (χ0) is 18.7. The average Bonchev–Trinajstić information content (AvgIpc) is 3.29. The largest absolute Gasteiger partial charge is 0.342 e. The van der Waals surface area contributed by atoms with E-state index < -0.39 is 11.9 Å². The highest BCUT2D eigenvalue weighted by molar-refractivity contribution is 7.17. The molecule has 0 aliphatic rings. The third-order valence-corrected chi connectivity index (χ3v) is 5.81. The Morgan fingerprint density at radius 1 is 1.19 bits per heavy atom. The minimum atomic E-state index is -0.634. The summed E-state index contributed by atoms with van der Waals surface area (Å²) in [4.78, 5) is 37.5. The van der Waals surface area contributed by atoms with Gasteiger partial charge in [0.05, 0.1) is 23.6 Å². The van der Waals surface area contributed by atoms with E-state index in [4.69, 9.17) is 5.21 Å². The maximum Gasteiger partial charge on any atom is 0.286 e. The zero-order valence-electron chi connectivity index (χ0n) is 13.9. The number of carbonyl (C=O) groups excluding carboxylic acids is 2. The van der Waals surface area contributed by atoms with E-state index in [2.05, 4.69) is 20.3 Å². The van der Waals surface area contributed by atoms with E-state index in [1.165, 1.54) is 17.5 Å². The van der Waals surface area contributed by atoms with E-state index in [-0.39, 0.29) is 10.8 Å². The average molecular weight is 389 g/mol.